The zero-order valence-electron chi connectivity index (χ0n) is 19.0. The summed E-state index contributed by atoms with van der Waals surface area (Å²) in [6.07, 6.45) is 0. The Hall–Kier alpha value is -3.21. The van der Waals surface area contributed by atoms with Crippen molar-refractivity contribution in [3.8, 4) is 5.69 Å². The van der Waals surface area contributed by atoms with Crippen LogP contribution in [0.15, 0.2) is 76.4 Å². The first-order chi connectivity index (χ1) is 17.3. The zero-order chi connectivity index (χ0) is 25.7. The van der Waals surface area contributed by atoms with E-state index in [1.807, 2.05) is 31.2 Å². The number of anilines is 1. The molecule has 7 nitrogen and oxygen atoms in total. The van der Waals surface area contributed by atoms with Gasteiger partial charge in [0.25, 0.3) is 5.91 Å². The van der Waals surface area contributed by atoms with Crippen LogP contribution in [0.5, 0.6) is 0 Å². The fourth-order valence-electron chi connectivity index (χ4n) is 3.33. The van der Waals surface area contributed by atoms with Crippen LogP contribution in [0.3, 0.4) is 0 Å². The van der Waals surface area contributed by atoms with Gasteiger partial charge in [0.2, 0.25) is 5.91 Å². The summed E-state index contributed by atoms with van der Waals surface area (Å²) < 4.78 is 15.9. The molecule has 1 heterocycles. The monoisotopic (exact) mass is 587 g/mol. The largest absolute Gasteiger partial charge is 0.345 e. The minimum atomic E-state index is -0.391. The number of aromatic nitrogens is 3. The minimum Gasteiger partial charge on any atom is -0.345 e. The van der Waals surface area contributed by atoms with Gasteiger partial charge in [0, 0.05) is 15.8 Å². The Morgan fingerprint density at radius 1 is 1.08 bits per heavy atom. The van der Waals surface area contributed by atoms with Gasteiger partial charge < -0.3 is 10.6 Å². The molecule has 4 aromatic rings. The molecule has 2 amide bonds. The van der Waals surface area contributed by atoms with Gasteiger partial charge in [-0.2, -0.15) is 0 Å². The molecule has 0 aliphatic carbocycles. The second-order valence-electron chi connectivity index (χ2n) is 7.72. The van der Waals surface area contributed by atoms with E-state index in [1.54, 1.807) is 34.9 Å². The quantitative estimate of drug-likeness (QED) is 0.254. The van der Waals surface area contributed by atoms with E-state index in [-0.39, 0.29) is 24.1 Å². The van der Waals surface area contributed by atoms with E-state index in [0.29, 0.717) is 37.4 Å². The molecule has 184 valence electrons. The van der Waals surface area contributed by atoms with Crippen LogP contribution in [0.1, 0.15) is 21.7 Å². The number of thioether (sulfide) groups is 1. The van der Waals surface area contributed by atoms with E-state index < -0.39 is 5.82 Å². The summed E-state index contributed by atoms with van der Waals surface area (Å²) in [4.78, 5) is 25.2. The topological polar surface area (TPSA) is 88.9 Å². The molecule has 36 heavy (non-hydrogen) atoms. The van der Waals surface area contributed by atoms with Crippen LogP contribution in [0.4, 0.5) is 10.1 Å². The molecular weight excluding hydrogens is 569 g/mol. The average molecular weight is 589 g/mol. The summed E-state index contributed by atoms with van der Waals surface area (Å²) in [7, 11) is 0. The maximum absolute atomic E-state index is 13.6. The van der Waals surface area contributed by atoms with Gasteiger partial charge in [-0.25, -0.2) is 4.39 Å². The fourth-order valence-corrected chi connectivity index (χ4v) is 4.67. The van der Waals surface area contributed by atoms with E-state index in [4.69, 9.17) is 11.6 Å². The molecule has 0 aliphatic heterocycles. The van der Waals surface area contributed by atoms with E-state index in [2.05, 4.69) is 36.8 Å². The first-order valence-electron chi connectivity index (χ1n) is 10.7. The van der Waals surface area contributed by atoms with Crippen molar-refractivity contribution in [3.63, 3.8) is 0 Å². The van der Waals surface area contributed by atoms with Crippen LogP contribution in [-0.4, -0.2) is 32.3 Å². The number of nitrogens with one attached hydrogen (secondary N) is 2. The SMILES string of the molecule is Cc1cccc(NC(=O)CSc2nnc(CNC(=O)c3cc(Br)ccc3Cl)n2-c2ccc(F)cc2)c1. The van der Waals surface area contributed by atoms with Gasteiger partial charge >= 0.3 is 0 Å². The molecule has 2 N–H and O–H groups in total. The molecule has 0 unspecified atom stereocenters. The number of carbonyl (C=O) groups excluding carboxylic acids is 2. The van der Waals surface area contributed by atoms with Crippen LogP contribution >= 0.6 is 39.3 Å². The number of hydrogen-bond donors (Lipinski definition) is 2. The minimum absolute atomic E-state index is 0.0299. The van der Waals surface area contributed by atoms with Crippen molar-refractivity contribution in [1.82, 2.24) is 20.1 Å². The molecule has 0 atom stereocenters. The molecule has 0 saturated carbocycles. The number of benzene rings is 3. The Morgan fingerprint density at radius 2 is 1.86 bits per heavy atom. The normalized spacial score (nSPS) is 10.8. The van der Waals surface area contributed by atoms with Crippen LogP contribution in [-0.2, 0) is 11.3 Å². The number of aryl methyl sites for hydroxylation is 1. The van der Waals surface area contributed by atoms with Crippen LogP contribution in [0.25, 0.3) is 5.69 Å². The predicted molar refractivity (Wildman–Crippen MR) is 142 cm³/mol. The van der Waals surface area contributed by atoms with Crippen LogP contribution < -0.4 is 10.6 Å². The summed E-state index contributed by atoms with van der Waals surface area (Å²) >= 11 is 10.7. The third-order valence-corrected chi connectivity index (χ3v) is 6.75. The van der Waals surface area contributed by atoms with Crippen molar-refractivity contribution in [1.29, 1.82) is 0 Å². The summed E-state index contributed by atoms with van der Waals surface area (Å²) in [6.45, 7) is 1.97. The van der Waals surface area contributed by atoms with Gasteiger partial charge in [0.15, 0.2) is 11.0 Å². The third kappa shape index (κ3) is 6.51. The predicted octanol–water partition coefficient (Wildman–Crippen LogP) is 5.79. The van der Waals surface area contributed by atoms with E-state index >= 15 is 0 Å². The molecule has 0 fully saturated rings. The molecule has 1 aromatic heterocycles. The molecule has 0 spiro atoms. The lowest BCUT2D eigenvalue weighted by Gasteiger charge is -2.12. The highest BCUT2D eigenvalue weighted by Crippen LogP contribution is 2.24. The Morgan fingerprint density at radius 3 is 2.61 bits per heavy atom. The highest BCUT2D eigenvalue weighted by Gasteiger charge is 2.18. The van der Waals surface area contributed by atoms with Crippen molar-refractivity contribution >= 4 is 56.8 Å². The summed E-state index contributed by atoms with van der Waals surface area (Å²) in [5.74, 6) is -0.506. The average Bonchev–Trinajstić information content (AvgIpc) is 3.26. The molecule has 4 rings (SSSR count). The Labute approximate surface area is 224 Å². The van der Waals surface area contributed by atoms with E-state index in [9.17, 15) is 14.0 Å². The Balaban J connectivity index is 1.52. The molecule has 0 radical (unpaired) electrons. The van der Waals surface area contributed by atoms with Gasteiger partial charge in [-0.15, -0.1) is 10.2 Å². The van der Waals surface area contributed by atoms with Gasteiger partial charge in [-0.1, -0.05) is 51.4 Å². The van der Waals surface area contributed by atoms with E-state index in [0.717, 1.165) is 5.56 Å². The lowest BCUT2D eigenvalue weighted by atomic mass is 10.2. The van der Waals surface area contributed by atoms with Crippen molar-refractivity contribution in [2.75, 3.05) is 11.1 Å². The van der Waals surface area contributed by atoms with E-state index in [1.165, 1.54) is 23.9 Å². The number of hydrogen-bond acceptors (Lipinski definition) is 5. The molecule has 0 aliphatic rings. The molecule has 3 aromatic carbocycles. The highest BCUT2D eigenvalue weighted by molar-refractivity contribution is 9.10. The van der Waals surface area contributed by atoms with Crippen LogP contribution in [0.2, 0.25) is 5.02 Å². The van der Waals surface area contributed by atoms with Crippen molar-refractivity contribution < 1.29 is 14.0 Å². The smallest absolute Gasteiger partial charge is 0.253 e. The summed E-state index contributed by atoms with van der Waals surface area (Å²) in [6, 6.07) is 18.3. The molecular formula is C25H20BrClFN5O2S. The zero-order valence-corrected chi connectivity index (χ0v) is 22.1. The standard InChI is InChI=1S/C25H20BrClFN5O2S/c1-15-3-2-4-18(11-15)30-23(34)14-36-25-32-31-22(33(25)19-8-6-17(28)7-9-19)13-29-24(35)20-12-16(26)5-10-21(20)27/h2-12H,13-14H2,1H3,(H,29,35)(H,30,34). The molecule has 0 saturated heterocycles. The Bertz CT molecular complexity index is 1410. The highest BCUT2D eigenvalue weighted by atomic mass is 79.9. The van der Waals surface area contributed by atoms with Gasteiger partial charge in [0.1, 0.15) is 5.82 Å². The maximum atomic E-state index is 13.6. The van der Waals surface area contributed by atoms with Crippen molar-refractivity contribution in [2.24, 2.45) is 0 Å². The van der Waals surface area contributed by atoms with Crippen molar-refractivity contribution in [2.45, 2.75) is 18.6 Å². The number of amides is 2. The second-order valence-corrected chi connectivity index (χ2v) is 9.99. The second kappa shape index (κ2) is 11.7. The fraction of sp³-hybridized carbons (Fsp3) is 0.120. The van der Waals surface area contributed by atoms with Crippen LogP contribution in [0, 0.1) is 12.7 Å². The summed E-state index contributed by atoms with van der Waals surface area (Å²) in [5.41, 5.74) is 2.64. The molecule has 11 heteroatoms. The van der Waals surface area contributed by atoms with Crippen molar-refractivity contribution in [3.05, 3.63) is 99.0 Å². The first-order valence-corrected chi connectivity index (χ1v) is 12.9. The molecule has 0 bridgehead atoms. The van der Waals surface area contributed by atoms with Gasteiger partial charge in [-0.3, -0.25) is 14.2 Å². The number of halogens is 3. The third-order valence-electron chi connectivity index (χ3n) is 5.00. The lowest BCUT2D eigenvalue weighted by Crippen LogP contribution is -2.25. The lowest BCUT2D eigenvalue weighted by molar-refractivity contribution is -0.113. The first kappa shape index (κ1) is 25.9. The van der Waals surface area contributed by atoms with Gasteiger partial charge in [-0.05, 0) is 67.1 Å². The van der Waals surface area contributed by atoms with Gasteiger partial charge in [0.05, 0.1) is 22.9 Å². The summed E-state index contributed by atoms with van der Waals surface area (Å²) in [5, 5.41) is 14.8. The number of carbonyl (C=O) groups is 2. The number of nitrogens with zero attached hydrogens (tertiary/aromatic N) is 3. The number of rotatable bonds is 8. The maximum Gasteiger partial charge on any atom is 0.253 e. The Kier molecular flexibility index (Phi) is 8.40.